The number of benzene rings is 1. The van der Waals surface area contributed by atoms with Crippen molar-refractivity contribution in [1.82, 2.24) is 4.90 Å². The van der Waals surface area contributed by atoms with Crippen LogP contribution in [0.1, 0.15) is 50.2 Å². The highest BCUT2D eigenvalue weighted by Gasteiger charge is 2.37. The number of nitrogens with zero attached hydrogens (tertiary/aromatic N) is 2. The molecule has 0 fully saturated rings. The summed E-state index contributed by atoms with van der Waals surface area (Å²) in [6, 6.07) is 1.66. The van der Waals surface area contributed by atoms with E-state index in [1.165, 1.54) is 11.1 Å². The van der Waals surface area contributed by atoms with Gasteiger partial charge in [0.05, 0.1) is 17.8 Å². The molecule has 1 aliphatic heterocycles. The maximum absolute atomic E-state index is 13.0. The molecule has 0 unspecified atom stereocenters. The standard InChI is InChI=1S/C18H22F6N2/c1-2-3-4-5-6-7-25-8-9-26(13-25)16-11-14(17(19,20)21)10-15(12-16)18(22,23)24/h8-12H,2-7,13H2,1H3. The number of anilines is 1. The molecule has 0 saturated carbocycles. The van der Waals surface area contributed by atoms with Gasteiger partial charge in [0, 0.05) is 24.6 Å². The zero-order chi connectivity index (χ0) is 19.4. The van der Waals surface area contributed by atoms with E-state index in [0.717, 1.165) is 50.8 Å². The zero-order valence-electron chi connectivity index (χ0n) is 14.5. The average Bonchev–Trinajstić information content (AvgIpc) is 3.01. The highest BCUT2D eigenvalue weighted by Crippen LogP contribution is 2.38. The molecule has 0 radical (unpaired) electrons. The van der Waals surface area contributed by atoms with Gasteiger partial charge in [0.15, 0.2) is 0 Å². The number of unbranched alkanes of at least 4 members (excludes halogenated alkanes) is 4. The minimum atomic E-state index is -4.83. The van der Waals surface area contributed by atoms with E-state index in [2.05, 4.69) is 6.92 Å². The lowest BCUT2D eigenvalue weighted by Gasteiger charge is -2.23. The van der Waals surface area contributed by atoms with E-state index in [9.17, 15) is 26.3 Å². The molecule has 0 aromatic heterocycles. The van der Waals surface area contributed by atoms with Crippen LogP contribution in [0.3, 0.4) is 0 Å². The molecular weight excluding hydrogens is 358 g/mol. The van der Waals surface area contributed by atoms with Gasteiger partial charge in [0.25, 0.3) is 0 Å². The summed E-state index contributed by atoms with van der Waals surface area (Å²) in [5, 5.41) is 0. The smallest absolute Gasteiger partial charge is 0.358 e. The molecule has 2 rings (SSSR count). The number of hydrogen-bond acceptors (Lipinski definition) is 2. The number of hydrogen-bond donors (Lipinski definition) is 0. The summed E-state index contributed by atoms with van der Waals surface area (Å²) >= 11 is 0. The quantitative estimate of drug-likeness (QED) is 0.408. The van der Waals surface area contributed by atoms with Crippen molar-refractivity contribution in [2.75, 3.05) is 18.1 Å². The van der Waals surface area contributed by atoms with Crippen LogP contribution in [0.25, 0.3) is 0 Å². The Kier molecular flexibility index (Phi) is 6.47. The maximum Gasteiger partial charge on any atom is 0.416 e. The second kappa shape index (κ2) is 8.22. The van der Waals surface area contributed by atoms with Crippen LogP contribution in [-0.4, -0.2) is 18.1 Å². The molecule has 0 aliphatic carbocycles. The van der Waals surface area contributed by atoms with Crippen LogP contribution in [0.2, 0.25) is 0 Å². The van der Waals surface area contributed by atoms with E-state index in [1.807, 2.05) is 4.90 Å². The van der Waals surface area contributed by atoms with Gasteiger partial charge >= 0.3 is 12.4 Å². The minimum Gasteiger partial charge on any atom is -0.358 e. The highest BCUT2D eigenvalue weighted by molar-refractivity contribution is 5.55. The molecule has 1 aromatic carbocycles. The lowest BCUT2D eigenvalue weighted by atomic mass is 10.1. The fraction of sp³-hybridized carbons (Fsp3) is 0.556. The first kappa shape index (κ1) is 20.5. The average molecular weight is 380 g/mol. The predicted molar refractivity (Wildman–Crippen MR) is 88.4 cm³/mol. The Morgan fingerprint density at radius 1 is 0.808 bits per heavy atom. The Morgan fingerprint density at radius 3 is 1.92 bits per heavy atom. The monoisotopic (exact) mass is 380 g/mol. The number of rotatable bonds is 7. The first-order valence-electron chi connectivity index (χ1n) is 8.60. The third kappa shape index (κ3) is 5.57. The van der Waals surface area contributed by atoms with Gasteiger partial charge in [-0.05, 0) is 24.6 Å². The summed E-state index contributed by atoms with van der Waals surface area (Å²) in [7, 11) is 0. The Balaban J connectivity index is 2.08. The van der Waals surface area contributed by atoms with Crippen molar-refractivity contribution in [3.8, 4) is 0 Å². The fourth-order valence-electron chi connectivity index (χ4n) is 2.80. The third-order valence-electron chi connectivity index (χ3n) is 4.24. The Bertz CT molecular complexity index is 589. The molecule has 0 saturated heterocycles. The van der Waals surface area contributed by atoms with E-state index in [0.29, 0.717) is 0 Å². The summed E-state index contributed by atoms with van der Waals surface area (Å²) in [5.74, 6) is 0. The van der Waals surface area contributed by atoms with Gasteiger partial charge < -0.3 is 9.80 Å². The van der Waals surface area contributed by atoms with E-state index >= 15 is 0 Å². The van der Waals surface area contributed by atoms with E-state index in [-0.39, 0.29) is 18.4 Å². The van der Waals surface area contributed by atoms with Crippen LogP contribution in [0, 0.1) is 0 Å². The Labute approximate surface area is 149 Å². The molecule has 1 aromatic rings. The van der Waals surface area contributed by atoms with Crippen molar-refractivity contribution in [3.05, 3.63) is 41.7 Å². The molecule has 1 heterocycles. The Morgan fingerprint density at radius 2 is 1.38 bits per heavy atom. The van der Waals surface area contributed by atoms with Crippen LogP contribution in [-0.2, 0) is 12.4 Å². The van der Waals surface area contributed by atoms with Crippen molar-refractivity contribution in [2.45, 2.75) is 51.4 Å². The number of halogens is 6. The summed E-state index contributed by atoms with van der Waals surface area (Å²) in [6.45, 7) is 3.08. The summed E-state index contributed by atoms with van der Waals surface area (Å²) < 4.78 is 77.7. The van der Waals surface area contributed by atoms with E-state index in [1.54, 1.807) is 6.20 Å². The van der Waals surface area contributed by atoms with Crippen molar-refractivity contribution in [3.63, 3.8) is 0 Å². The molecular formula is C18H22F6N2. The van der Waals surface area contributed by atoms with Crippen molar-refractivity contribution < 1.29 is 26.3 Å². The van der Waals surface area contributed by atoms with E-state index < -0.39 is 23.5 Å². The lowest BCUT2D eigenvalue weighted by molar-refractivity contribution is -0.143. The highest BCUT2D eigenvalue weighted by atomic mass is 19.4. The minimum absolute atomic E-state index is 0.114. The van der Waals surface area contributed by atoms with Crippen LogP contribution >= 0.6 is 0 Å². The fourth-order valence-corrected chi connectivity index (χ4v) is 2.80. The predicted octanol–water partition coefficient (Wildman–Crippen LogP) is 6.25. The van der Waals surface area contributed by atoms with Crippen LogP contribution in [0.15, 0.2) is 30.6 Å². The van der Waals surface area contributed by atoms with E-state index in [4.69, 9.17) is 0 Å². The first-order valence-corrected chi connectivity index (χ1v) is 8.60. The normalized spacial score (nSPS) is 15.2. The molecule has 2 nitrogen and oxygen atoms in total. The molecule has 8 heteroatoms. The molecule has 1 aliphatic rings. The SMILES string of the molecule is CCCCCCCN1C=CN(c2cc(C(F)(F)F)cc(C(F)(F)F)c2)C1. The largest absolute Gasteiger partial charge is 0.416 e. The van der Waals surface area contributed by atoms with Crippen molar-refractivity contribution in [1.29, 1.82) is 0 Å². The van der Waals surface area contributed by atoms with Crippen LogP contribution in [0.5, 0.6) is 0 Å². The van der Waals surface area contributed by atoms with Crippen molar-refractivity contribution in [2.24, 2.45) is 0 Å². The van der Waals surface area contributed by atoms with Gasteiger partial charge in [-0.3, -0.25) is 0 Å². The maximum atomic E-state index is 13.0. The van der Waals surface area contributed by atoms with Crippen LogP contribution < -0.4 is 4.90 Å². The van der Waals surface area contributed by atoms with Crippen molar-refractivity contribution >= 4 is 5.69 Å². The lowest BCUT2D eigenvalue weighted by Crippen LogP contribution is -2.26. The third-order valence-corrected chi connectivity index (χ3v) is 4.24. The number of alkyl halides is 6. The Hall–Kier alpha value is -1.86. The molecule has 0 N–H and O–H groups in total. The van der Waals surface area contributed by atoms with Crippen LogP contribution in [0.4, 0.5) is 32.0 Å². The summed E-state index contributed by atoms with van der Waals surface area (Å²) in [5.41, 5.74) is -2.71. The zero-order valence-corrected chi connectivity index (χ0v) is 14.5. The summed E-state index contributed by atoms with van der Waals surface area (Å²) in [4.78, 5) is 3.29. The van der Waals surface area contributed by atoms with Gasteiger partial charge in [-0.1, -0.05) is 32.6 Å². The van der Waals surface area contributed by atoms with Gasteiger partial charge in [0.1, 0.15) is 0 Å². The topological polar surface area (TPSA) is 6.48 Å². The second-order valence-corrected chi connectivity index (χ2v) is 6.40. The molecule has 0 bridgehead atoms. The second-order valence-electron chi connectivity index (χ2n) is 6.40. The van der Waals surface area contributed by atoms with Gasteiger partial charge in [0.2, 0.25) is 0 Å². The summed E-state index contributed by atoms with van der Waals surface area (Å²) in [6.07, 6.45) is -1.04. The molecule has 26 heavy (non-hydrogen) atoms. The molecule has 146 valence electrons. The molecule has 0 amide bonds. The van der Waals surface area contributed by atoms with Gasteiger partial charge in [-0.25, -0.2) is 0 Å². The molecule has 0 atom stereocenters. The molecule has 0 spiro atoms. The first-order chi connectivity index (χ1) is 12.1. The van der Waals surface area contributed by atoms with Gasteiger partial charge in [-0.15, -0.1) is 0 Å². The van der Waals surface area contributed by atoms with Gasteiger partial charge in [-0.2, -0.15) is 26.3 Å².